The first kappa shape index (κ1) is 13.2. The number of hydrogen-bond donors (Lipinski definition) is 1. The second kappa shape index (κ2) is 5.16. The first-order chi connectivity index (χ1) is 9.04. The fraction of sp³-hybridized carbons (Fsp3) is 0.235. The molecule has 0 bridgehead atoms. The third-order valence-corrected chi connectivity index (χ3v) is 3.46. The van der Waals surface area contributed by atoms with Gasteiger partial charge < -0.3 is 5.73 Å². The minimum absolute atomic E-state index is 0.304. The van der Waals surface area contributed by atoms with E-state index in [0.717, 1.165) is 22.3 Å². The van der Waals surface area contributed by atoms with E-state index < -0.39 is 0 Å². The van der Waals surface area contributed by atoms with E-state index in [2.05, 4.69) is 39.0 Å². The molecule has 0 amide bonds. The third kappa shape index (κ3) is 2.46. The van der Waals surface area contributed by atoms with Crippen LogP contribution in [0.5, 0.6) is 0 Å². The molecule has 0 aliphatic heterocycles. The fourth-order valence-electron chi connectivity index (χ4n) is 2.71. The Bertz CT molecular complexity index is 628. The van der Waals surface area contributed by atoms with Crippen LogP contribution in [0.2, 0.25) is 0 Å². The van der Waals surface area contributed by atoms with E-state index in [9.17, 15) is 5.26 Å². The summed E-state index contributed by atoms with van der Waals surface area (Å²) in [4.78, 5) is 0. The van der Waals surface area contributed by atoms with Gasteiger partial charge in [-0.2, -0.15) is 5.26 Å². The summed E-state index contributed by atoms with van der Waals surface area (Å²) in [6, 6.07) is 14.2. The average molecular weight is 250 g/mol. The van der Waals surface area contributed by atoms with Crippen LogP contribution < -0.4 is 5.73 Å². The van der Waals surface area contributed by atoms with Gasteiger partial charge in [0.05, 0.1) is 12.0 Å². The van der Waals surface area contributed by atoms with E-state index in [1.165, 1.54) is 5.56 Å². The molecule has 2 aromatic carbocycles. The lowest BCUT2D eigenvalue weighted by Crippen LogP contribution is -2.06. The van der Waals surface area contributed by atoms with Crippen LogP contribution in [0.3, 0.4) is 0 Å². The number of hydrogen-bond acceptors (Lipinski definition) is 2. The number of nitrogen functional groups attached to an aromatic ring is 1. The molecule has 0 radical (unpaired) electrons. The highest BCUT2D eigenvalue weighted by molar-refractivity contribution is 5.57. The van der Waals surface area contributed by atoms with Gasteiger partial charge in [-0.25, -0.2) is 0 Å². The molecule has 2 aromatic rings. The van der Waals surface area contributed by atoms with Crippen LogP contribution in [0.25, 0.3) is 0 Å². The maximum atomic E-state index is 9.57. The molecular weight excluding hydrogens is 232 g/mol. The van der Waals surface area contributed by atoms with Crippen LogP contribution in [-0.2, 0) is 0 Å². The Hall–Kier alpha value is -2.27. The highest BCUT2D eigenvalue weighted by Gasteiger charge is 2.19. The lowest BCUT2D eigenvalue weighted by Gasteiger charge is -2.18. The summed E-state index contributed by atoms with van der Waals surface area (Å²) in [6.45, 7) is 6.18. The molecule has 0 heterocycles. The fourth-order valence-corrected chi connectivity index (χ4v) is 2.71. The van der Waals surface area contributed by atoms with Gasteiger partial charge in [-0.3, -0.25) is 0 Å². The normalized spacial score (nSPS) is 11.9. The number of anilines is 1. The summed E-state index contributed by atoms with van der Waals surface area (Å²) in [7, 11) is 0. The van der Waals surface area contributed by atoms with E-state index in [-0.39, 0.29) is 5.92 Å². The van der Waals surface area contributed by atoms with Gasteiger partial charge in [0, 0.05) is 5.69 Å². The number of nitrogens with two attached hydrogens (primary N) is 1. The Morgan fingerprint density at radius 3 is 2.16 bits per heavy atom. The predicted molar refractivity (Wildman–Crippen MR) is 79.0 cm³/mol. The number of nitrogens with zero attached hydrogens (tertiary/aromatic N) is 1. The molecule has 0 saturated carbocycles. The van der Waals surface area contributed by atoms with Crippen molar-refractivity contribution in [3.8, 4) is 6.07 Å². The zero-order valence-corrected chi connectivity index (χ0v) is 11.6. The Kier molecular flexibility index (Phi) is 3.57. The molecule has 96 valence electrons. The molecule has 0 aliphatic carbocycles. The minimum Gasteiger partial charge on any atom is -0.398 e. The van der Waals surface area contributed by atoms with Crippen LogP contribution in [-0.4, -0.2) is 0 Å². The minimum atomic E-state index is -0.304. The van der Waals surface area contributed by atoms with Gasteiger partial charge in [0.2, 0.25) is 0 Å². The van der Waals surface area contributed by atoms with Crippen LogP contribution >= 0.6 is 0 Å². The van der Waals surface area contributed by atoms with Crippen molar-refractivity contribution in [2.24, 2.45) is 0 Å². The summed E-state index contributed by atoms with van der Waals surface area (Å²) in [6.07, 6.45) is 0. The Labute approximate surface area is 114 Å². The van der Waals surface area contributed by atoms with Gasteiger partial charge in [0.15, 0.2) is 0 Å². The van der Waals surface area contributed by atoms with E-state index >= 15 is 0 Å². The van der Waals surface area contributed by atoms with Crippen molar-refractivity contribution in [1.82, 2.24) is 0 Å². The van der Waals surface area contributed by atoms with E-state index in [0.29, 0.717) is 5.69 Å². The Balaban J connectivity index is 2.63. The van der Waals surface area contributed by atoms with Crippen LogP contribution in [0, 0.1) is 32.1 Å². The predicted octanol–water partition coefficient (Wildman–Crippen LogP) is 3.85. The summed E-state index contributed by atoms with van der Waals surface area (Å²) in [5.41, 5.74) is 12.2. The first-order valence-corrected chi connectivity index (χ1v) is 6.36. The molecular formula is C17H18N2. The standard InChI is InChI=1S/C17H18N2/c1-11-8-12(2)17(13(3)9-11)15(10-18)14-6-4-5-7-16(14)19/h4-9,15H,19H2,1-3H3. The molecule has 19 heavy (non-hydrogen) atoms. The van der Waals surface area contributed by atoms with Crippen molar-refractivity contribution in [2.45, 2.75) is 26.7 Å². The van der Waals surface area contributed by atoms with Gasteiger partial charge in [0.25, 0.3) is 0 Å². The molecule has 0 fully saturated rings. The Morgan fingerprint density at radius 2 is 1.63 bits per heavy atom. The highest BCUT2D eigenvalue weighted by Crippen LogP contribution is 2.33. The smallest absolute Gasteiger partial charge is 0.0987 e. The molecule has 0 saturated heterocycles. The maximum absolute atomic E-state index is 9.57. The SMILES string of the molecule is Cc1cc(C)c(C(C#N)c2ccccc2N)c(C)c1. The molecule has 2 nitrogen and oxygen atoms in total. The van der Waals surface area contributed by atoms with Gasteiger partial charge in [-0.1, -0.05) is 35.9 Å². The zero-order valence-electron chi connectivity index (χ0n) is 11.6. The number of rotatable bonds is 2. The quantitative estimate of drug-likeness (QED) is 0.823. The maximum Gasteiger partial charge on any atom is 0.0987 e. The van der Waals surface area contributed by atoms with Crippen molar-refractivity contribution in [3.63, 3.8) is 0 Å². The molecule has 2 heteroatoms. The van der Waals surface area contributed by atoms with Gasteiger partial charge in [-0.15, -0.1) is 0 Å². The molecule has 0 aliphatic rings. The lowest BCUT2D eigenvalue weighted by molar-refractivity contribution is 0.999. The van der Waals surface area contributed by atoms with E-state index in [1.807, 2.05) is 24.3 Å². The topological polar surface area (TPSA) is 49.8 Å². The Morgan fingerprint density at radius 1 is 1.05 bits per heavy atom. The summed E-state index contributed by atoms with van der Waals surface area (Å²) < 4.78 is 0. The molecule has 2 N–H and O–H groups in total. The third-order valence-electron chi connectivity index (χ3n) is 3.46. The molecule has 1 unspecified atom stereocenters. The highest BCUT2D eigenvalue weighted by atomic mass is 14.6. The van der Waals surface area contributed by atoms with Crippen LogP contribution in [0.4, 0.5) is 5.69 Å². The summed E-state index contributed by atoms with van der Waals surface area (Å²) in [5, 5.41) is 9.57. The molecule has 1 atom stereocenters. The lowest BCUT2D eigenvalue weighted by atomic mass is 9.85. The number of aryl methyl sites for hydroxylation is 3. The van der Waals surface area contributed by atoms with Gasteiger partial charge in [0.1, 0.15) is 0 Å². The largest absolute Gasteiger partial charge is 0.398 e. The second-order valence-electron chi connectivity index (χ2n) is 5.00. The summed E-state index contributed by atoms with van der Waals surface area (Å²) in [5.74, 6) is -0.304. The van der Waals surface area contributed by atoms with Crippen molar-refractivity contribution < 1.29 is 0 Å². The average Bonchev–Trinajstić information content (AvgIpc) is 2.34. The van der Waals surface area contributed by atoms with E-state index in [4.69, 9.17) is 5.73 Å². The molecule has 0 aromatic heterocycles. The number of nitriles is 1. The van der Waals surface area contributed by atoms with Crippen molar-refractivity contribution in [3.05, 3.63) is 64.2 Å². The summed E-state index contributed by atoms with van der Waals surface area (Å²) >= 11 is 0. The molecule has 2 rings (SSSR count). The van der Waals surface area contributed by atoms with Crippen molar-refractivity contribution in [1.29, 1.82) is 5.26 Å². The monoisotopic (exact) mass is 250 g/mol. The number of benzene rings is 2. The second-order valence-corrected chi connectivity index (χ2v) is 5.00. The van der Waals surface area contributed by atoms with Crippen LogP contribution in [0.15, 0.2) is 36.4 Å². The zero-order chi connectivity index (χ0) is 14.0. The van der Waals surface area contributed by atoms with Gasteiger partial charge in [-0.05, 0) is 49.1 Å². The van der Waals surface area contributed by atoms with Gasteiger partial charge >= 0.3 is 0 Å². The van der Waals surface area contributed by atoms with Crippen molar-refractivity contribution in [2.75, 3.05) is 5.73 Å². The van der Waals surface area contributed by atoms with Crippen LogP contribution in [0.1, 0.15) is 33.7 Å². The molecule has 0 spiro atoms. The van der Waals surface area contributed by atoms with Crippen molar-refractivity contribution >= 4 is 5.69 Å². The number of para-hydroxylation sites is 1. The van der Waals surface area contributed by atoms with E-state index in [1.54, 1.807) is 0 Å². The first-order valence-electron chi connectivity index (χ1n) is 6.36.